The van der Waals surface area contributed by atoms with Gasteiger partial charge in [0.2, 0.25) is 0 Å². The summed E-state index contributed by atoms with van der Waals surface area (Å²) >= 11 is 0. The fourth-order valence-corrected chi connectivity index (χ4v) is 2.61. The molecule has 0 amide bonds. The number of aromatic nitrogens is 1. The van der Waals surface area contributed by atoms with Gasteiger partial charge in [-0.25, -0.2) is 9.78 Å². The number of hydrogen-bond donors (Lipinski definition) is 1. The summed E-state index contributed by atoms with van der Waals surface area (Å²) in [5.74, 6) is -0.286. The number of nitriles is 1. The van der Waals surface area contributed by atoms with Crippen molar-refractivity contribution in [3.05, 3.63) is 59.3 Å². The zero-order valence-corrected chi connectivity index (χ0v) is 11.2. The zero-order valence-electron chi connectivity index (χ0n) is 11.2. The maximum absolute atomic E-state index is 11.5. The van der Waals surface area contributed by atoms with Gasteiger partial charge in [0.15, 0.2) is 0 Å². The Bertz CT molecular complexity index is 719. The Hall–Kier alpha value is -2.87. The first-order chi connectivity index (χ1) is 10.2. The van der Waals surface area contributed by atoms with E-state index in [2.05, 4.69) is 4.98 Å². The van der Waals surface area contributed by atoms with Crippen molar-refractivity contribution in [3.63, 3.8) is 0 Å². The predicted molar refractivity (Wildman–Crippen MR) is 76.7 cm³/mol. The number of benzene rings is 1. The van der Waals surface area contributed by atoms with Crippen LogP contribution in [0.1, 0.15) is 16.7 Å². The van der Waals surface area contributed by atoms with Crippen LogP contribution in [-0.2, 0) is 17.8 Å². The molecule has 1 aliphatic rings. The molecule has 1 aliphatic heterocycles. The van der Waals surface area contributed by atoms with Gasteiger partial charge in [-0.2, -0.15) is 5.26 Å². The van der Waals surface area contributed by atoms with E-state index in [0.29, 0.717) is 24.3 Å². The number of nitrogens with zero attached hydrogens (tertiary/aromatic N) is 3. The summed E-state index contributed by atoms with van der Waals surface area (Å²) in [7, 11) is 0. The molecule has 0 saturated heterocycles. The molecule has 1 N–H and O–H groups in total. The number of anilines is 1. The molecule has 2 aromatic rings. The van der Waals surface area contributed by atoms with Crippen molar-refractivity contribution in [3.8, 4) is 6.07 Å². The van der Waals surface area contributed by atoms with Crippen LogP contribution in [0.25, 0.3) is 0 Å². The molecule has 1 aromatic carbocycles. The van der Waals surface area contributed by atoms with Crippen LogP contribution in [0.4, 0.5) is 5.82 Å². The van der Waals surface area contributed by atoms with Crippen LogP contribution < -0.4 is 4.90 Å². The van der Waals surface area contributed by atoms with Crippen molar-refractivity contribution in [2.24, 2.45) is 0 Å². The van der Waals surface area contributed by atoms with Gasteiger partial charge < -0.3 is 10.0 Å². The Labute approximate surface area is 122 Å². The van der Waals surface area contributed by atoms with Gasteiger partial charge in [-0.15, -0.1) is 0 Å². The molecule has 1 unspecified atom stereocenters. The van der Waals surface area contributed by atoms with Crippen LogP contribution in [0.3, 0.4) is 0 Å². The highest BCUT2D eigenvalue weighted by atomic mass is 16.4. The van der Waals surface area contributed by atoms with Gasteiger partial charge in [0, 0.05) is 19.2 Å². The summed E-state index contributed by atoms with van der Waals surface area (Å²) in [5, 5.41) is 18.3. The molecule has 1 aromatic heterocycles. The van der Waals surface area contributed by atoms with E-state index >= 15 is 0 Å². The second-order valence-corrected chi connectivity index (χ2v) is 4.97. The molecular weight excluding hydrogens is 266 g/mol. The zero-order chi connectivity index (χ0) is 14.8. The average Bonchev–Trinajstić information content (AvgIpc) is 2.53. The number of carbonyl (C=O) groups is 1. The van der Waals surface area contributed by atoms with Gasteiger partial charge >= 0.3 is 5.97 Å². The third kappa shape index (κ3) is 2.43. The van der Waals surface area contributed by atoms with Crippen molar-refractivity contribution in [2.75, 3.05) is 4.90 Å². The summed E-state index contributed by atoms with van der Waals surface area (Å²) in [4.78, 5) is 17.5. The molecule has 0 spiro atoms. The molecule has 21 heavy (non-hydrogen) atoms. The Kier molecular flexibility index (Phi) is 3.28. The van der Waals surface area contributed by atoms with Gasteiger partial charge in [0.05, 0.1) is 5.56 Å². The van der Waals surface area contributed by atoms with Crippen molar-refractivity contribution < 1.29 is 9.90 Å². The highest BCUT2D eigenvalue weighted by molar-refractivity contribution is 5.79. The topological polar surface area (TPSA) is 77.2 Å². The monoisotopic (exact) mass is 279 g/mol. The molecular formula is C16H13N3O2. The summed E-state index contributed by atoms with van der Waals surface area (Å²) in [6.45, 7) is 0.506. The van der Waals surface area contributed by atoms with Crippen LogP contribution >= 0.6 is 0 Å². The van der Waals surface area contributed by atoms with E-state index < -0.39 is 12.0 Å². The van der Waals surface area contributed by atoms with E-state index in [1.807, 2.05) is 30.3 Å². The highest BCUT2D eigenvalue weighted by Gasteiger charge is 2.32. The Morgan fingerprint density at radius 3 is 2.67 bits per heavy atom. The van der Waals surface area contributed by atoms with E-state index in [1.165, 1.54) is 6.20 Å². The molecule has 0 radical (unpaired) electrons. The molecule has 104 valence electrons. The van der Waals surface area contributed by atoms with E-state index in [0.717, 1.165) is 11.1 Å². The summed E-state index contributed by atoms with van der Waals surface area (Å²) in [6.07, 6.45) is 1.92. The van der Waals surface area contributed by atoms with Crippen molar-refractivity contribution in [1.82, 2.24) is 4.98 Å². The molecule has 0 saturated carbocycles. The third-order valence-electron chi connectivity index (χ3n) is 3.70. The van der Waals surface area contributed by atoms with E-state index in [9.17, 15) is 9.90 Å². The summed E-state index contributed by atoms with van der Waals surface area (Å²) in [6, 6.07) is 12.6. The smallest absolute Gasteiger partial charge is 0.326 e. The molecule has 0 aliphatic carbocycles. The normalized spacial score (nSPS) is 16.9. The van der Waals surface area contributed by atoms with Crippen molar-refractivity contribution >= 4 is 11.8 Å². The van der Waals surface area contributed by atoms with Gasteiger partial charge in [0.1, 0.15) is 17.9 Å². The number of carboxylic acids is 1. The minimum absolute atomic E-state index is 0.452. The molecule has 5 nitrogen and oxygen atoms in total. The largest absolute Gasteiger partial charge is 0.480 e. The van der Waals surface area contributed by atoms with Gasteiger partial charge in [-0.1, -0.05) is 24.3 Å². The Morgan fingerprint density at radius 1 is 1.29 bits per heavy atom. The van der Waals surface area contributed by atoms with Crippen LogP contribution in [0.2, 0.25) is 0 Å². The Balaban J connectivity index is 1.99. The van der Waals surface area contributed by atoms with Gasteiger partial charge in [-0.3, -0.25) is 0 Å². The third-order valence-corrected chi connectivity index (χ3v) is 3.70. The minimum atomic E-state index is -0.865. The molecule has 0 fully saturated rings. The highest BCUT2D eigenvalue weighted by Crippen LogP contribution is 2.27. The second-order valence-electron chi connectivity index (χ2n) is 4.97. The van der Waals surface area contributed by atoms with Gasteiger partial charge in [-0.05, 0) is 23.3 Å². The van der Waals surface area contributed by atoms with E-state index in [-0.39, 0.29) is 0 Å². The number of carboxylic acid groups (broad SMARTS) is 1. The summed E-state index contributed by atoms with van der Waals surface area (Å²) < 4.78 is 0. The Morgan fingerprint density at radius 2 is 2.05 bits per heavy atom. The van der Waals surface area contributed by atoms with Crippen LogP contribution in [0.15, 0.2) is 42.6 Å². The first-order valence-electron chi connectivity index (χ1n) is 6.61. The number of fused-ring (bicyclic) bond motifs is 1. The first-order valence-corrected chi connectivity index (χ1v) is 6.61. The fraction of sp³-hybridized carbons (Fsp3) is 0.188. The van der Waals surface area contributed by atoms with Crippen molar-refractivity contribution in [1.29, 1.82) is 5.26 Å². The lowest BCUT2D eigenvalue weighted by atomic mass is 9.94. The average molecular weight is 279 g/mol. The molecule has 5 heteroatoms. The van der Waals surface area contributed by atoms with Crippen LogP contribution in [0, 0.1) is 11.3 Å². The second kappa shape index (κ2) is 5.25. The maximum Gasteiger partial charge on any atom is 0.326 e. The fourth-order valence-electron chi connectivity index (χ4n) is 2.61. The van der Waals surface area contributed by atoms with Crippen molar-refractivity contribution in [2.45, 2.75) is 19.0 Å². The van der Waals surface area contributed by atoms with Gasteiger partial charge in [0.25, 0.3) is 0 Å². The number of hydrogen-bond acceptors (Lipinski definition) is 4. The lowest BCUT2D eigenvalue weighted by Gasteiger charge is -2.35. The first kappa shape index (κ1) is 13.1. The SMILES string of the molecule is N#Cc1ccc(N2Cc3ccccc3CC2C(=O)O)nc1. The molecule has 3 rings (SSSR count). The molecule has 0 bridgehead atoms. The molecule has 1 atom stereocenters. The minimum Gasteiger partial charge on any atom is -0.480 e. The number of aliphatic carboxylic acids is 1. The number of rotatable bonds is 2. The van der Waals surface area contributed by atoms with E-state index in [1.54, 1.807) is 17.0 Å². The van der Waals surface area contributed by atoms with Crippen LogP contribution in [0.5, 0.6) is 0 Å². The predicted octanol–water partition coefficient (Wildman–Crippen LogP) is 1.97. The maximum atomic E-state index is 11.5. The van der Waals surface area contributed by atoms with E-state index in [4.69, 9.17) is 5.26 Å². The summed E-state index contributed by atoms with van der Waals surface area (Å²) in [5.41, 5.74) is 2.64. The lowest BCUT2D eigenvalue weighted by molar-refractivity contribution is -0.138. The quantitative estimate of drug-likeness (QED) is 0.909. The standard InChI is InChI=1S/C16H13N3O2/c17-8-11-5-6-15(18-9-11)19-10-13-4-2-1-3-12(13)7-14(19)16(20)21/h1-6,9,14H,7,10H2,(H,20,21). The molecule has 2 heterocycles. The number of pyridine rings is 1. The van der Waals surface area contributed by atoms with Crippen LogP contribution in [-0.4, -0.2) is 22.1 Å². The lowest BCUT2D eigenvalue weighted by Crippen LogP contribution is -2.46.